The van der Waals surface area contributed by atoms with Gasteiger partial charge in [0.15, 0.2) is 0 Å². The number of hydrogen-bond donors (Lipinski definition) is 1. The first-order chi connectivity index (χ1) is 9.04. The van der Waals surface area contributed by atoms with Gasteiger partial charge in [-0.05, 0) is 31.5 Å². The van der Waals surface area contributed by atoms with Crippen LogP contribution in [0.3, 0.4) is 0 Å². The van der Waals surface area contributed by atoms with Crippen molar-refractivity contribution in [1.29, 1.82) is 0 Å². The van der Waals surface area contributed by atoms with Gasteiger partial charge in [-0.3, -0.25) is 0 Å². The number of rotatable bonds is 2. The number of benzene rings is 1. The number of carbonyl (C=O) groups excluding carboxylic acids is 1. The summed E-state index contributed by atoms with van der Waals surface area (Å²) in [5, 5.41) is 2.95. The van der Waals surface area contributed by atoms with Crippen molar-refractivity contribution in [3.8, 4) is 0 Å². The standard InChI is InChI=1S/C14H19BrN2O2/c1-10-8-17(9-11(2)19-10)14(18)16-7-12-4-3-5-13(15)6-12/h3-6,10-11H,7-9H2,1-2H3,(H,16,18). The molecule has 2 unspecified atom stereocenters. The van der Waals surface area contributed by atoms with Gasteiger partial charge in [-0.25, -0.2) is 4.79 Å². The Labute approximate surface area is 122 Å². The van der Waals surface area contributed by atoms with E-state index in [0.29, 0.717) is 19.6 Å². The first-order valence-corrected chi connectivity index (χ1v) is 7.26. The van der Waals surface area contributed by atoms with E-state index in [4.69, 9.17) is 4.74 Å². The first kappa shape index (κ1) is 14.3. The van der Waals surface area contributed by atoms with Gasteiger partial charge in [0.05, 0.1) is 12.2 Å². The van der Waals surface area contributed by atoms with E-state index < -0.39 is 0 Å². The van der Waals surface area contributed by atoms with Gasteiger partial charge in [-0.2, -0.15) is 0 Å². The molecular formula is C14H19BrN2O2. The average Bonchev–Trinajstić information content (AvgIpc) is 2.35. The Hall–Kier alpha value is -1.07. The van der Waals surface area contributed by atoms with E-state index in [1.165, 1.54) is 0 Å². The Balaban J connectivity index is 1.87. The van der Waals surface area contributed by atoms with Gasteiger partial charge >= 0.3 is 6.03 Å². The van der Waals surface area contributed by atoms with Crippen LogP contribution in [0.1, 0.15) is 19.4 Å². The predicted octanol–water partition coefficient (Wildman–Crippen LogP) is 2.77. The summed E-state index contributed by atoms with van der Waals surface area (Å²) in [6, 6.07) is 7.91. The molecule has 1 aliphatic heterocycles. The molecule has 5 heteroatoms. The second-order valence-corrected chi connectivity index (χ2v) is 5.87. The van der Waals surface area contributed by atoms with Gasteiger partial charge in [0.25, 0.3) is 0 Å². The van der Waals surface area contributed by atoms with Gasteiger partial charge in [-0.1, -0.05) is 28.1 Å². The third-order valence-electron chi connectivity index (χ3n) is 3.04. The number of nitrogens with one attached hydrogen (secondary N) is 1. The molecule has 104 valence electrons. The fraction of sp³-hybridized carbons (Fsp3) is 0.500. The van der Waals surface area contributed by atoms with Crippen LogP contribution in [0.4, 0.5) is 4.79 Å². The van der Waals surface area contributed by atoms with Crippen LogP contribution in [0.15, 0.2) is 28.7 Å². The summed E-state index contributed by atoms with van der Waals surface area (Å²) in [5.74, 6) is 0. The highest BCUT2D eigenvalue weighted by molar-refractivity contribution is 9.10. The van der Waals surface area contributed by atoms with Gasteiger partial charge in [0.1, 0.15) is 0 Å². The van der Waals surface area contributed by atoms with E-state index in [0.717, 1.165) is 10.0 Å². The van der Waals surface area contributed by atoms with Gasteiger partial charge < -0.3 is 15.0 Å². The van der Waals surface area contributed by atoms with Crippen LogP contribution < -0.4 is 5.32 Å². The zero-order valence-electron chi connectivity index (χ0n) is 11.2. The molecule has 2 rings (SSSR count). The highest BCUT2D eigenvalue weighted by Crippen LogP contribution is 2.13. The molecule has 1 saturated heterocycles. The minimum absolute atomic E-state index is 0.0259. The number of halogens is 1. The third-order valence-corrected chi connectivity index (χ3v) is 3.53. The lowest BCUT2D eigenvalue weighted by Crippen LogP contribution is -2.51. The summed E-state index contributed by atoms with van der Waals surface area (Å²) in [4.78, 5) is 13.9. The maximum atomic E-state index is 12.1. The zero-order valence-corrected chi connectivity index (χ0v) is 12.8. The van der Waals surface area contributed by atoms with Crippen LogP contribution in [0.25, 0.3) is 0 Å². The average molecular weight is 327 g/mol. The summed E-state index contributed by atoms with van der Waals surface area (Å²) < 4.78 is 6.64. The summed E-state index contributed by atoms with van der Waals surface area (Å²) >= 11 is 3.42. The second-order valence-electron chi connectivity index (χ2n) is 4.95. The van der Waals surface area contributed by atoms with Crippen LogP contribution in [-0.4, -0.2) is 36.2 Å². The number of morpholine rings is 1. The van der Waals surface area contributed by atoms with E-state index in [1.54, 1.807) is 0 Å². The van der Waals surface area contributed by atoms with Crippen molar-refractivity contribution in [2.24, 2.45) is 0 Å². The lowest BCUT2D eigenvalue weighted by Gasteiger charge is -2.35. The largest absolute Gasteiger partial charge is 0.372 e. The molecule has 0 bridgehead atoms. The maximum absolute atomic E-state index is 12.1. The Kier molecular flexibility index (Phi) is 4.82. The molecule has 0 aromatic heterocycles. The lowest BCUT2D eigenvalue weighted by atomic mass is 10.2. The van der Waals surface area contributed by atoms with Crippen molar-refractivity contribution in [1.82, 2.24) is 10.2 Å². The smallest absolute Gasteiger partial charge is 0.317 e. The first-order valence-electron chi connectivity index (χ1n) is 6.47. The monoisotopic (exact) mass is 326 g/mol. The van der Waals surface area contributed by atoms with Crippen LogP contribution in [0.2, 0.25) is 0 Å². The Morgan fingerprint density at radius 1 is 1.42 bits per heavy atom. The molecule has 4 nitrogen and oxygen atoms in total. The van der Waals surface area contributed by atoms with Crippen molar-refractivity contribution in [2.45, 2.75) is 32.6 Å². The quantitative estimate of drug-likeness (QED) is 0.907. The van der Waals surface area contributed by atoms with Gasteiger partial charge in [-0.15, -0.1) is 0 Å². The maximum Gasteiger partial charge on any atom is 0.317 e. The molecule has 1 fully saturated rings. The minimum atomic E-state index is -0.0259. The van der Waals surface area contributed by atoms with Crippen LogP contribution in [-0.2, 0) is 11.3 Å². The SMILES string of the molecule is CC1CN(C(=O)NCc2cccc(Br)c2)CC(C)O1. The van der Waals surface area contributed by atoms with Crippen molar-refractivity contribution in [2.75, 3.05) is 13.1 Å². The lowest BCUT2D eigenvalue weighted by molar-refractivity contribution is -0.0545. The predicted molar refractivity (Wildman–Crippen MR) is 78.0 cm³/mol. The number of urea groups is 1. The molecule has 1 heterocycles. The molecule has 2 atom stereocenters. The number of hydrogen-bond acceptors (Lipinski definition) is 2. The van der Waals surface area contributed by atoms with E-state index in [9.17, 15) is 4.79 Å². The van der Waals surface area contributed by atoms with E-state index in [2.05, 4.69) is 21.2 Å². The molecule has 1 N–H and O–H groups in total. The van der Waals surface area contributed by atoms with Crippen LogP contribution >= 0.6 is 15.9 Å². The molecule has 1 aliphatic rings. The molecule has 1 aromatic rings. The molecule has 0 radical (unpaired) electrons. The normalized spacial score (nSPS) is 23.2. The molecule has 0 aliphatic carbocycles. The summed E-state index contributed by atoms with van der Waals surface area (Å²) in [5.41, 5.74) is 1.08. The zero-order chi connectivity index (χ0) is 13.8. The third kappa shape index (κ3) is 4.21. The fourth-order valence-corrected chi connectivity index (χ4v) is 2.73. The Morgan fingerprint density at radius 2 is 2.11 bits per heavy atom. The summed E-state index contributed by atoms with van der Waals surface area (Å²) in [6.45, 7) is 5.82. The topological polar surface area (TPSA) is 41.6 Å². The number of amides is 2. The Bertz CT molecular complexity index is 443. The van der Waals surface area contributed by atoms with Crippen molar-refractivity contribution in [3.63, 3.8) is 0 Å². The van der Waals surface area contributed by atoms with E-state index in [1.807, 2.05) is 43.0 Å². The number of ether oxygens (including phenoxy) is 1. The molecule has 19 heavy (non-hydrogen) atoms. The van der Waals surface area contributed by atoms with Crippen molar-refractivity contribution < 1.29 is 9.53 Å². The van der Waals surface area contributed by atoms with Gasteiger partial charge in [0.2, 0.25) is 0 Å². The molecule has 0 saturated carbocycles. The number of nitrogens with zero attached hydrogens (tertiary/aromatic N) is 1. The summed E-state index contributed by atoms with van der Waals surface area (Å²) in [6.07, 6.45) is 0.195. The highest BCUT2D eigenvalue weighted by atomic mass is 79.9. The van der Waals surface area contributed by atoms with Crippen LogP contribution in [0, 0.1) is 0 Å². The van der Waals surface area contributed by atoms with Gasteiger partial charge in [0, 0.05) is 24.1 Å². The van der Waals surface area contributed by atoms with Crippen LogP contribution in [0.5, 0.6) is 0 Å². The van der Waals surface area contributed by atoms with Crippen molar-refractivity contribution >= 4 is 22.0 Å². The minimum Gasteiger partial charge on any atom is -0.372 e. The fourth-order valence-electron chi connectivity index (χ4n) is 2.28. The molecule has 0 spiro atoms. The Morgan fingerprint density at radius 3 is 2.74 bits per heavy atom. The second kappa shape index (κ2) is 6.39. The van der Waals surface area contributed by atoms with E-state index in [-0.39, 0.29) is 18.2 Å². The molecule has 2 amide bonds. The summed E-state index contributed by atoms with van der Waals surface area (Å²) in [7, 11) is 0. The molecular weight excluding hydrogens is 308 g/mol. The van der Waals surface area contributed by atoms with Crippen molar-refractivity contribution in [3.05, 3.63) is 34.3 Å². The number of carbonyl (C=O) groups is 1. The molecule has 1 aromatic carbocycles. The van der Waals surface area contributed by atoms with E-state index >= 15 is 0 Å². The highest BCUT2D eigenvalue weighted by Gasteiger charge is 2.25.